The maximum absolute atomic E-state index is 11.9. The van der Waals surface area contributed by atoms with Crippen LogP contribution in [0.5, 0.6) is 0 Å². The number of rotatable bonds is 6. The van der Waals surface area contributed by atoms with Crippen molar-refractivity contribution in [2.75, 3.05) is 17.2 Å². The van der Waals surface area contributed by atoms with Crippen LogP contribution in [0.25, 0.3) is 0 Å². The van der Waals surface area contributed by atoms with E-state index in [1.54, 1.807) is 24.3 Å². The summed E-state index contributed by atoms with van der Waals surface area (Å²) in [6, 6.07) is 7.10. The molecule has 0 heterocycles. The van der Waals surface area contributed by atoms with Gasteiger partial charge >= 0.3 is 0 Å². The van der Waals surface area contributed by atoms with E-state index in [0.717, 1.165) is 0 Å². The number of benzene rings is 1. The topological polar surface area (TPSA) is 84.2 Å². The van der Waals surface area contributed by atoms with E-state index in [-0.39, 0.29) is 23.7 Å². The molecule has 4 N–H and O–H groups in total. The molecule has 2 amide bonds. The summed E-state index contributed by atoms with van der Waals surface area (Å²) >= 11 is 0. The molecule has 5 nitrogen and oxygen atoms in total. The maximum Gasteiger partial charge on any atom is 0.228 e. The predicted molar refractivity (Wildman–Crippen MR) is 81.4 cm³/mol. The van der Waals surface area contributed by atoms with Crippen LogP contribution >= 0.6 is 0 Å². The SMILES string of the molecule is CCC(CN)C(=O)Nc1cccc(NC(=O)C(C)C)c1. The maximum atomic E-state index is 11.9. The average Bonchev–Trinajstić information content (AvgIpc) is 2.40. The zero-order valence-electron chi connectivity index (χ0n) is 12.3. The van der Waals surface area contributed by atoms with Crippen LogP contribution in [0.3, 0.4) is 0 Å². The number of hydrogen-bond acceptors (Lipinski definition) is 3. The molecule has 0 saturated heterocycles. The Kier molecular flexibility index (Phi) is 6.18. The van der Waals surface area contributed by atoms with Gasteiger partial charge in [0.25, 0.3) is 0 Å². The molecule has 1 rings (SSSR count). The monoisotopic (exact) mass is 277 g/mol. The minimum absolute atomic E-state index is 0.0538. The molecule has 5 heteroatoms. The third-order valence-corrected chi connectivity index (χ3v) is 3.07. The highest BCUT2D eigenvalue weighted by molar-refractivity contribution is 5.95. The van der Waals surface area contributed by atoms with Gasteiger partial charge in [-0.15, -0.1) is 0 Å². The smallest absolute Gasteiger partial charge is 0.228 e. The number of nitrogens with one attached hydrogen (secondary N) is 2. The van der Waals surface area contributed by atoms with Crippen molar-refractivity contribution < 1.29 is 9.59 Å². The zero-order valence-corrected chi connectivity index (χ0v) is 12.3. The normalized spacial score (nSPS) is 12.1. The molecule has 1 aromatic rings. The highest BCUT2D eigenvalue weighted by Gasteiger charge is 2.14. The Bertz CT molecular complexity index is 468. The molecule has 0 bridgehead atoms. The Labute approximate surface area is 119 Å². The predicted octanol–water partition coefficient (Wildman–Crippen LogP) is 2.20. The van der Waals surface area contributed by atoms with Crippen molar-refractivity contribution in [3.05, 3.63) is 24.3 Å². The number of carbonyl (C=O) groups is 2. The van der Waals surface area contributed by atoms with Crippen LogP contribution in [-0.2, 0) is 9.59 Å². The summed E-state index contributed by atoms with van der Waals surface area (Å²) in [6.07, 6.45) is 0.701. The minimum Gasteiger partial charge on any atom is -0.330 e. The van der Waals surface area contributed by atoms with Gasteiger partial charge < -0.3 is 16.4 Å². The van der Waals surface area contributed by atoms with E-state index in [4.69, 9.17) is 5.73 Å². The lowest BCUT2D eigenvalue weighted by Gasteiger charge is -2.14. The van der Waals surface area contributed by atoms with Gasteiger partial charge in [0.05, 0.1) is 5.92 Å². The first-order valence-electron chi connectivity index (χ1n) is 6.89. The number of hydrogen-bond donors (Lipinski definition) is 3. The largest absolute Gasteiger partial charge is 0.330 e. The van der Waals surface area contributed by atoms with E-state index >= 15 is 0 Å². The minimum atomic E-state index is -0.191. The molecule has 0 radical (unpaired) electrons. The van der Waals surface area contributed by atoms with E-state index in [0.29, 0.717) is 24.3 Å². The molecule has 1 unspecified atom stereocenters. The third kappa shape index (κ3) is 4.66. The molecular weight excluding hydrogens is 254 g/mol. The summed E-state index contributed by atoms with van der Waals surface area (Å²) in [7, 11) is 0. The molecule has 0 saturated carbocycles. The fraction of sp³-hybridized carbons (Fsp3) is 0.467. The molecule has 1 atom stereocenters. The third-order valence-electron chi connectivity index (χ3n) is 3.07. The Hall–Kier alpha value is -1.88. The number of nitrogens with two attached hydrogens (primary N) is 1. The zero-order chi connectivity index (χ0) is 15.1. The molecule has 0 aliphatic rings. The van der Waals surface area contributed by atoms with Crippen LogP contribution in [0.2, 0.25) is 0 Å². The Balaban J connectivity index is 2.73. The van der Waals surface area contributed by atoms with Crippen molar-refractivity contribution in [3.63, 3.8) is 0 Å². The summed E-state index contributed by atoms with van der Waals surface area (Å²) in [5.74, 6) is -0.428. The quantitative estimate of drug-likeness (QED) is 0.745. The second kappa shape index (κ2) is 7.65. The van der Waals surface area contributed by atoms with Gasteiger partial charge in [-0.25, -0.2) is 0 Å². The van der Waals surface area contributed by atoms with Gasteiger partial charge in [0.15, 0.2) is 0 Å². The molecular formula is C15H23N3O2. The van der Waals surface area contributed by atoms with Crippen LogP contribution < -0.4 is 16.4 Å². The fourth-order valence-corrected chi connectivity index (χ4v) is 1.66. The molecule has 1 aromatic carbocycles. The Morgan fingerprint density at radius 3 is 2.15 bits per heavy atom. The summed E-state index contributed by atoms with van der Waals surface area (Å²) in [5, 5.41) is 5.61. The number of anilines is 2. The van der Waals surface area contributed by atoms with Gasteiger partial charge in [0, 0.05) is 23.8 Å². The van der Waals surface area contributed by atoms with E-state index < -0.39 is 0 Å². The standard InChI is InChI=1S/C15H23N3O2/c1-4-11(9-16)15(20)18-13-7-5-6-12(8-13)17-14(19)10(2)3/h5-8,10-11H,4,9,16H2,1-3H3,(H,17,19)(H,18,20). The lowest BCUT2D eigenvalue weighted by atomic mass is 10.1. The van der Waals surface area contributed by atoms with Crippen molar-refractivity contribution in [1.82, 2.24) is 0 Å². The second-order valence-electron chi connectivity index (χ2n) is 5.05. The van der Waals surface area contributed by atoms with Crippen molar-refractivity contribution in [1.29, 1.82) is 0 Å². The van der Waals surface area contributed by atoms with Gasteiger partial charge in [-0.2, -0.15) is 0 Å². The highest BCUT2D eigenvalue weighted by atomic mass is 16.2. The number of amides is 2. The Morgan fingerprint density at radius 2 is 1.70 bits per heavy atom. The molecule has 0 aromatic heterocycles. The van der Waals surface area contributed by atoms with Crippen LogP contribution in [0, 0.1) is 11.8 Å². The van der Waals surface area contributed by atoms with E-state index in [2.05, 4.69) is 10.6 Å². The van der Waals surface area contributed by atoms with Crippen molar-refractivity contribution >= 4 is 23.2 Å². The lowest BCUT2D eigenvalue weighted by Crippen LogP contribution is -2.28. The molecule has 0 aliphatic heterocycles. The lowest BCUT2D eigenvalue weighted by molar-refractivity contribution is -0.120. The van der Waals surface area contributed by atoms with Crippen LogP contribution in [0.4, 0.5) is 11.4 Å². The molecule has 110 valence electrons. The Morgan fingerprint density at radius 1 is 1.15 bits per heavy atom. The molecule has 20 heavy (non-hydrogen) atoms. The first-order chi connectivity index (χ1) is 9.47. The molecule has 0 fully saturated rings. The van der Waals surface area contributed by atoms with Gasteiger partial charge in [-0.3, -0.25) is 9.59 Å². The fourth-order valence-electron chi connectivity index (χ4n) is 1.66. The van der Waals surface area contributed by atoms with Gasteiger partial charge in [0.2, 0.25) is 11.8 Å². The first kappa shape index (κ1) is 16.2. The van der Waals surface area contributed by atoms with Crippen molar-refractivity contribution in [2.24, 2.45) is 17.6 Å². The van der Waals surface area contributed by atoms with Gasteiger partial charge in [-0.05, 0) is 24.6 Å². The summed E-state index contributed by atoms with van der Waals surface area (Å²) in [4.78, 5) is 23.6. The highest BCUT2D eigenvalue weighted by Crippen LogP contribution is 2.17. The van der Waals surface area contributed by atoms with Crippen LogP contribution in [-0.4, -0.2) is 18.4 Å². The molecule has 0 aliphatic carbocycles. The van der Waals surface area contributed by atoms with Crippen molar-refractivity contribution in [3.8, 4) is 0 Å². The first-order valence-corrected chi connectivity index (χ1v) is 6.89. The summed E-state index contributed by atoms with van der Waals surface area (Å²) in [5.41, 5.74) is 6.87. The van der Waals surface area contributed by atoms with E-state index in [9.17, 15) is 9.59 Å². The van der Waals surface area contributed by atoms with Crippen LogP contribution in [0.15, 0.2) is 24.3 Å². The molecule has 0 spiro atoms. The summed E-state index contributed by atoms with van der Waals surface area (Å²) in [6.45, 7) is 5.91. The van der Waals surface area contributed by atoms with E-state index in [1.165, 1.54) is 0 Å². The number of carbonyl (C=O) groups excluding carboxylic acids is 2. The second-order valence-corrected chi connectivity index (χ2v) is 5.05. The summed E-state index contributed by atoms with van der Waals surface area (Å²) < 4.78 is 0. The van der Waals surface area contributed by atoms with Gasteiger partial charge in [-0.1, -0.05) is 26.8 Å². The van der Waals surface area contributed by atoms with Crippen LogP contribution in [0.1, 0.15) is 27.2 Å². The average molecular weight is 277 g/mol. The van der Waals surface area contributed by atoms with Gasteiger partial charge in [0.1, 0.15) is 0 Å². The van der Waals surface area contributed by atoms with E-state index in [1.807, 2.05) is 20.8 Å². The van der Waals surface area contributed by atoms with Crippen molar-refractivity contribution in [2.45, 2.75) is 27.2 Å².